The summed E-state index contributed by atoms with van der Waals surface area (Å²) >= 11 is 1.32. The number of nitrogens with zero attached hydrogens (tertiary/aromatic N) is 4. The molecule has 0 spiro atoms. The van der Waals surface area contributed by atoms with Crippen molar-refractivity contribution in [2.45, 2.75) is 76.0 Å². The molecule has 0 bridgehead atoms. The Bertz CT molecular complexity index is 1120. The fourth-order valence-corrected chi connectivity index (χ4v) is 5.14. The summed E-state index contributed by atoms with van der Waals surface area (Å²) < 4.78 is 3.67. The standard InChI is InChI=1S/C24H31N5O2S/c1-2-3-4-9-16-28-23(31)19-12-7-8-13-20(19)26-24(28)32-17-22(30)27-21-14-15-25-29(21)18-10-5-6-11-18/h7-8,12-15,18H,2-6,9-11,16-17H2,1H3,(H,27,30). The van der Waals surface area contributed by atoms with Crippen LogP contribution in [0.1, 0.15) is 64.3 Å². The molecule has 1 aliphatic carbocycles. The molecule has 0 atom stereocenters. The van der Waals surface area contributed by atoms with Gasteiger partial charge in [-0.25, -0.2) is 9.67 Å². The average Bonchev–Trinajstić information content (AvgIpc) is 3.48. The van der Waals surface area contributed by atoms with Crippen LogP contribution in [0.2, 0.25) is 0 Å². The van der Waals surface area contributed by atoms with E-state index in [2.05, 4.69) is 17.3 Å². The normalized spacial score (nSPS) is 14.3. The number of benzene rings is 1. The largest absolute Gasteiger partial charge is 0.310 e. The topological polar surface area (TPSA) is 81.8 Å². The minimum atomic E-state index is -0.116. The van der Waals surface area contributed by atoms with Crippen molar-refractivity contribution in [1.29, 1.82) is 0 Å². The zero-order valence-electron chi connectivity index (χ0n) is 18.6. The first kappa shape index (κ1) is 22.6. The Morgan fingerprint density at radius 2 is 1.97 bits per heavy atom. The number of carbonyl (C=O) groups is 1. The Morgan fingerprint density at radius 3 is 2.78 bits per heavy atom. The molecule has 7 nitrogen and oxygen atoms in total. The number of rotatable bonds is 10. The molecule has 3 aromatic rings. The van der Waals surface area contributed by atoms with Crippen molar-refractivity contribution >= 4 is 34.4 Å². The van der Waals surface area contributed by atoms with Gasteiger partial charge in [0.25, 0.3) is 5.56 Å². The van der Waals surface area contributed by atoms with Crippen LogP contribution in [-0.2, 0) is 11.3 Å². The van der Waals surface area contributed by atoms with Gasteiger partial charge >= 0.3 is 0 Å². The Morgan fingerprint density at radius 1 is 1.16 bits per heavy atom. The highest BCUT2D eigenvalue weighted by Crippen LogP contribution is 2.31. The molecule has 1 saturated carbocycles. The summed E-state index contributed by atoms with van der Waals surface area (Å²) in [6.07, 6.45) is 10.6. The molecular weight excluding hydrogens is 422 g/mol. The number of hydrogen-bond donors (Lipinski definition) is 1. The van der Waals surface area contributed by atoms with Crippen molar-refractivity contribution in [3.05, 3.63) is 46.9 Å². The minimum absolute atomic E-state index is 0.0330. The van der Waals surface area contributed by atoms with Crippen LogP contribution >= 0.6 is 11.8 Å². The van der Waals surface area contributed by atoms with Crippen molar-refractivity contribution in [2.24, 2.45) is 0 Å². The van der Waals surface area contributed by atoms with E-state index in [0.717, 1.165) is 44.3 Å². The second kappa shape index (κ2) is 10.8. The van der Waals surface area contributed by atoms with Crippen LogP contribution in [0.3, 0.4) is 0 Å². The first-order valence-electron chi connectivity index (χ1n) is 11.6. The molecule has 170 valence electrons. The van der Waals surface area contributed by atoms with Crippen LogP contribution in [0.4, 0.5) is 5.82 Å². The van der Waals surface area contributed by atoms with Gasteiger partial charge in [-0.15, -0.1) is 0 Å². The number of anilines is 1. The first-order chi connectivity index (χ1) is 15.7. The van der Waals surface area contributed by atoms with Crippen LogP contribution in [-0.4, -0.2) is 31.0 Å². The maximum absolute atomic E-state index is 13.1. The summed E-state index contributed by atoms with van der Waals surface area (Å²) in [6.45, 7) is 2.79. The van der Waals surface area contributed by atoms with Crippen LogP contribution < -0.4 is 10.9 Å². The van der Waals surface area contributed by atoms with E-state index in [0.29, 0.717) is 28.6 Å². The summed E-state index contributed by atoms with van der Waals surface area (Å²) in [6, 6.07) is 9.62. The van der Waals surface area contributed by atoms with E-state index < -0.39 is 0 Å². The van der Waals surface area contributed by atoms with Crippen molar-refractivity contribution in [2.75, 3.05) is 11.1 Å². The fraction of sp³-hybridized carbons (Fsp3) is 0.500. The second-order valence-corrected chi connectivity index (χ2v) is 9.31. The zero-order chi connectivity index (χ0) is 22.3. The number of unbranched alkanes of at least 4 members (excludes halogenated alkanes) is 3. The number of aromatic nitrogens is 4. The molecule has 0 radical (unpaired) electrons. The van der Waals surface area contributed by atoms with E-state index in [-0.39, 0.29) is 17.2 Å². The molecule has 0 saturated heterocycles. The summed E-state index contributed by atoms with van der Waals surface area (Å²) in [5, 5.41) is 8.63. The lowest BCUT2D eigenvalue weighted by molar-refractivity contribution is -0.113. The third-order valence-electron chi connectivity index (χ3n) is 6.00. The van der Waals surface area contributed by atoms with Crippen LogP contribution in [0.15, 0.2) is 46.5 Å². The van der Waals surface area contributed by atoms with Gasteiger partial charge in [0.2, 0.25) is 5.91 Å². The summed E-state index contributed by atoms with van der Waals surface area (Å²) in [5.41, 5.74) is 0.638. The van der Waals surface area contributed by atoms with Crippen LogP contribution in [0, 0.1) is 0 Å². The third-order valence-corrected chi connectivity index (χ3v) is 6.98. The Kier molecular flexibility index (Phi) is 7.63. The molecule has 2 heterocycles. The lowest BCUT2D eigenvalue weighted by atomic mass is 10.2. The molecule has 1 aliphatic rings. The molecule has 0 aliphatic heterocycles. The smallest absolute Gasteiger partial charge is 0.262 e. The molecule has 1 fully saturated rings. The maximum Gasteiger partial charge on any atom is 0.262 e. The number of thioether (sulfide) groups is 1. The third kappa shape index (κ3) is 5.23. The molecule has 32 heavy (non-hydrogen) atoms. The van der Waals surface area contributed by atoms with Crippen LogP contribution in [0.25, 0.3) is 10.9 Å². The molecule has 8 heteroatoms. The molecule has 1 amide bonds. The van der Waals surface area contributed by atoms with Gasteiger partial charge in [0.1, 0.15) is 5.82 Å². The molecule has 2 aromatic heterocycles. The predicted octanol–water partition coefficient (Wildman–Crippen LogP) is 5.02. The number of nitrogens with one attached hydrogen (secondary N) is 1. The summed E-state index contributed by atoms with van der Waals surface area (Å²) in [4.78, 5) is 30.5. The monoisotopic (exact) mass is 453 g/mol. The van der Waals surface area contributed by atoms with Crippen molar-refractivity contribution in [3.63, 3.8) is 0 Å². The predicted molar refractivity (Wildman–Crippen MR) is 129 cm³/mol. The van der Waals surface area contributed by atoms with Crippen molar-refractivity contribution in [1.82, 2.24) is 19.3 Å². The highest BCUT2D eigenvalue weighted by Gasteiger charge is 2.21. The van der Waals surface area contributed by atoms with E-state index in [4.69, 9.17) is 4.98 Å². The first-order valence-corrected chi connectivity index (χ1v) is 12.6. The van der Waals surface area contributed by atoms with Crippen LogP contribution in [0.5, 0.6) is 0 Å². The van der Waals surface area contributed by atoms with Gasteiger partial charge in [-0.05, 0) is 31.4 Å². The fourth-order valence-electron chi connectivity index (χ4n) is 4.31. The Hall–Kier alpha value is -2.61. The van der Waals surface area contributed by atoms with Gasteiger partial charge in [0.15, 0.2) is 5.16 Å². The number of fused-ring (bicyclic) bond motifs is 1. The van der Waals surface area contributed by atoms with Crippen molar-refractivity contribution < 1.29 is 4.79 Å². The zero-order valence-corrected chi connectivity index (χ0v) is 19.4. The molecule has 1 aromatic carbocycles. The van der Waals surface area contributed by atoms with E-state index in [1.807, 2.05) is 35.0 Å². The summed E-state index contributed by atoms with van der Waals surface area (Å²) in [5.74, 6) is 0.816. The highest BCUT2D eigenvalue weighted by molar-refractivity contribution is 7.99. The Labute approximate surface area is 192 Å². The highest BCUT2D eigenvalue weighted by atomic mass is 32.2. The molecule has 4 rings (SSSR count). The van der Waals surface area contributed by atoms with Gasteiger partial charge in [0, 0.05) is 12.6 Å². The lowest BCUT2D eigenvalue weighted by Gasteiger charge is -2.15. The van der Waals surface area contributed by atoms with Gasteiger partial charge in [0.05, 0.1) is 28.9 Å². The number of amides is 1. The van der Waals surface area contributed by atoms with Gasteiger partial charge < -0.3 is 5.32 Å². The number of carbonyl (C=O) groups excluding carboxylic acids is 1. The van der Waals surface area contributed by atoms with E-state index in [1.54, 1.807) is 10.8 Å². The van der Waals surface area contributed by atoms with E-state index >= 15 is 0 Å². The van der Waals surface area contributed by atoms with E-state index in [1.165, 1.54) is 24.6 Å². The SMILES string of the molecule is CCCCCCn1c(SCC(=O)Nc2ccnn2C2CCCC2)nc2ccccc2c1=O. The van der Waals surface area contributed by atoms with Gasteiger partial charge in [-0.3, -0.25) is 14.2 Å². The molecule has 1 N–H and O–H groups in total. The maximum atomic E-state index is 13.1. The van der Waals surface area contributed by atoms with E-state index in [9.17, 15) is 9.59 Å². The summed E-state index contributed by atoms with van der Waals surface area (Å²) in [7, 11) is 0. The van der Waals surface area contributed by atoms with Gasteiger partial charge in [-0.2, -0.15) is 5.10 Å². The van der Waals surface area contributed by atoms with Gasteiger partial charge in [-0.1, -0.05) is 62.9 Å². The quantitative estimate of drug-likeness (QED) is 0.265. The average molecular weight is 454 g/mol. The lowest BCUT2D eigenvalue weighted by Crippen LogP contribution is -2.24. The van der Waals surface area contributed by atoms with Crippen molar-refractivity contribution in [3.8, 4) is 0 Å². The molecular formula is C24H31N5O2S. The minimum Gasteiger partial charge on any atom is -0.310 e. The molecule has 0 unspecified atom stereocenters. The Balaban J connectivity index is 1.47. The number of hydrogen-bond acceptors (Lipinski definition) is 5. The second-order valence-electron chi connectivity index (χ2n) is 8.37. The number of para-hydroxylation sites is 1.